The van der Waals surface area contributed by atoms with Crippen LogP contribution in [0.5, 0.6) is 0 Å². The molecule has 0 aliphatic rings. The minimum absolute atomic E-state index is 0.298. The third-order valence-electron chi connectivity index (χ3n) is 2.86. The Morgan fingerprint density at radius 1 is 1.00 bits per heavy atom. The van der Waals surface area contributed by atoms with Gasteiger partial charge in [-0.1, -0.05) is 41.4 Å². The summed E-state index contributed by atoms with van der Waals surface area (Å²) >= 11 is 11.9. The Hall–Kier alpha value is -1.51. The highest BCUT2D eigenvalue weighted by molar-refractivity contribution is 6.42. The maximum Gasteiger partial charge on any atom is 0.338 e. The van der Waals surface area contributed by atoms with Gasteiger partial charge in [-0.2, -0.15) is 0 Å². The lowest BCUT2D eigenvalue weighted by Crippen LogP contribution is -2.04. The summed E-state index contributed by atoms with van der Waals surface area (Å²) in [5.41, 5.74) is 2.73. The van der Waals surface area contributed by atoms with Crippen molar-refractivity contribution in [1.29, 1.82) is 0 Å². The van der Waals surface area contributed by atoms with Crippen molar-refractivity contribution in [2.45, 2.75) is 13.3 Å². The third-order valence-corrected chi connectivity index (χ3v) is 3.60. The monoisotopic (exact) mass is 308 g/mol. The standard InChI is InChI=1S/C16H14Cl2O2/c1-2-20-16(19)13-6-3-11(4-7-13)9-12-5-8-14(17)15(18)10-12/h3-8,10H,2,9H2,1H3. The Balaban J connectivity index is 2.10. The average Bonchev–Trinajstić information content (AvgIpc) is 2.44. The first kappa shape index (κ1) is 14.9. The van der Waals surface area contributed by atoms with Crippen molar-refractivity contribution in [2.24, 2.45) is 0 Å². The number of hydrogen-bond acceptors (Lipinski definition) is 2. The molecular weight excluding hydrogens is 295 g/mol. The lowest BCUT2D eigenvalue weighted by molar-refractivity contribution is 0.0526. The van der Waals surface area contributed by atoms with E-state index in [2.05, 4.69) is 0 Å². The summed E-state index contributed by atoms with van der Waals surface area (Å²) in [6.45, 7) is 2.17. The van der Waals surface area contributed by atoms with Gasteiger partial charge in [-0.25, -0.2) is 4.79 Å². The summed E-state index contributed by atoms with van der Waals surface area (Å²) in [5.74, 6) is -0.298. The van der Waals surface area contributed by atoms with Crippen LogP contribution < -0.4 is 0 Å². The number of rotatable bonds is 4. The molecule has 0 saturated carbocycles. The molecule has 20 heavy (non-hydrogen) atoms. The maximum atomic E-state index is 11.5. The van der Waals surface area contributed by atoms with E-state index in [1.54, 1.807) is 25.1 Å². The smallest absolute Gasteiger partial charge is 0.338 e. The SMILES string of the molecule is CCOC(=O)c1ccc(Cc2ccc(Cl)c(Cl)c2)cc1. The van der Waals surface area contributed by atoms with Crippen molar-refractivity contribution < 1.29 is 9.53 Å². The minimum Gasteiger partial charge on any atom is -0.462 e. The maximum absolute atomic E-state index is 11.5. The van der Waals surface area contributed by atoms with Gasteiger partial charge in [0.25, 0.3) is 0 Å². The zero-order valence-electron chi connectivity index (χ0n) is 11.0. The Morgan fingerprint density at radius 3 is 2.25 bits per heavy atom. The van der Waals surface area contributed by atoms with E-state index < -0.39 is 0 Å². The molecule has 0 spiro atoms. The highest BCUT2D eigenvalue weighted by Gasteiger charge is 2.06. The van der Waals surface area contributed by atoms with Gasteiger partial charge in [-0.3, -0.25) is 0 Å². The Morgan fingerprint density at radius 2 is 1.65 bits per heavy atom. The molecule has 0 saturated heterocycles. The molecule has 0 aromatic heterocycles. The molecule has 2 aromatic rings. The molecule has 0 aliphatic carbocycles. The fourth-order valence-corrected chi connectivity index (χ4v) is 2.18. The molecule has 4 heteroatoms. The Kier molecular flexibility index (Phi) is 5.05. The lowest BCUT2D eigenvalue weighted by Gasteiger charge is -2.05. The van der Waals surface area contributed by atoms with E-state index in [9.17, 15) is 4.79 Å². The first-order chi connectivity index (χ1) is 9.60. The van der Waals surface area contributed by atoms with E-state index in [0.29, 0.717) is 22.2 Å². The van der Waals surface area contributed by atoms with Gasteiger partial charge in [-0.15, -0.1) is 0 Å². The van der Waals surface area contributed by atoms with E-state index in [0.717, 1.165) is 17.5 Å². The molecule has 104 valence electrons. The number of halogens is 2. The predicted molar refractivity (Wildman–Crippen MR) is 81.7 cm³/mol. The summed E-state index contributed by atoms with van der Waals surface area (Å²) in [4.78, 5) is 11.5. The molecule has 0 N–H and O–H groups in total. The second-order valence-electron chi connectivity index (χ2n) is 4.34. The van der Waals surface area contributed by atoms with E-state index in [4.69, 9.17) is 27.9 Å². The Labute approximate surface area is 128 Å². The van der Waals surface area contributed by atoms with Gasteiger partial charge in [0.2, 0.25) is 0 Å². The molecule has 2 aromatic carbocycles. The van der Waals surface area contributed by atoms with Gasteiger partial charge < -0.3 is 4.74 Å². The molecule has 0 bridgehead atoms. The molecule has 0 unspecified atom stereocenters. The fourth-order valence-electron chi connectivity index (χ4n) is 1.86. The van der Waals surface area contributed by atoms with E-state index in [-0.39, 0.29) is 5.97 Å². The van der Waals surface area contributed by atoms with Crippen LogP contribution in [0.4, 0.5) is 0 Å². The molecule has 0 aliphatic heterocycles. The molecule has 0 atom stereocenters. The van der Waals surface area contributed by atoms with Gasteiger partial charge in [0.15, 0.2) is 0 Å². The number of carbonyl (C=O) groups excluding carboxylic acids is 1. The number of ether oxygens (including phenoxy) is 1. The zero-order chi connectivity index (χ0) is 14.5. The van der Waals surface area contributed by atoms with Crippen LogP contribution in [0.25, 0.3) is 0 Å². The van der Waals surface area contributed by atoms with Crippen molar-refractivity contribution in [3.8, 4) is 0 Å². The van der Waals surface area contributed by atoms with Crippen LogP contribution >= 0.6 is 23.2 Å². The summed E-state index contributed by atoms with van der Waals surface area (Å²) in [5, 5.41) is 1.10. The molecule has 2 rings (SSSR count). The summed E-state index contributed by atoms with van der Waals surface area (Å²) in [7, 11) is 0. The van der Waals surface area contributed by atoms with Gasteiger partial charge in [0, 0.05) is 0 Å². The van der Waals surface area contributed by atoms with Crippen LogP contribution in [0, 0.1) is 0 Å². The van der Waals surface area contributed by atoms with Crippen LogP contribution in [-0.2, 0) is 11.2 Å². The molecule has 0 fully saturated rings. The molecule has 2 nitrogen and oxygen atoms in total. The highest BCUT2D eigenvalue weighted by atomic mass is 35.5. The van der Waals surface area contributed by atoms with Gasteiger partial charge in [0.05, 0.1) is 22.2 Å². The highest BCUT2D eigenvalue weighted by Crippen LogP contribution is 2.24. The number of esters is 1. The van der Waals surface area contributed by atoms with Crippen LogP contribution in [0.15, 0.2) is 42.5 Å². The van der Waals surface area contributed by atoms with E-state index >= 15 is 0 Å². The van der Waals surface area contributed by atoms with Crippen molar-refractivity contribution in [3.05, 3.63) is 69.2 Å². The fraction of sp³-hybridized carbons (Fsp3) is 0.188. The Bertz CT molecular complexity index is 606. The second-order valence-corrected chi connectivity index (χ2v) is 5.16. The number of carbonyl (C=O) groups is 1. The first-order valence-corrected chi connectivity index (χ1v) is 7.05. The topological polar surface area (TPSA) is 26.3 Å². The zero-order valence-corrected chi connectivity index (χ0v) is 12.5. The van der Waals surface area contributed by atoms with Crippen molar-refractivity contribution in [1.82, 2.24) is 0 Å². The van der Waals surface area contributed by atoms with Gasteiger partial charge in [-0.05, 0) is 48.7 Å². The summed E-state index contributed by atoms with van der Waals surface area (Å²) in [6.07, 6.45) is 0.736. The van der Waals surface area contributed by atoms with Gasteiger partial charge >= 0.3 is 5.97 Å². The van der Waals surface area contributed by atoms with Crippen molar-refractivity contribution >= 4 is 29.2 Å². The molecule has 0 amide bonds. The molecule has 0 heterocycles. The van der Waals surface area contributed by atoms with Crippen molar-refractivity contribution in [2.75, 3.05) is 6.61 Å². The average molecular weight is 309 g/mol. The van der Waals surface area contributed by atoms with Crippen LogP contribution in [0.2, 0.25) is 10.0 Å². The van der Waals surface area contributed by atoms with Crippen LogP contribution in [-0.4, -0.2) is 12.6 Å². The quantitative estimate of drug-likeness (QED) is 0.761. The second kappa shape index (κ2) is 6.78. The number of benzene rings is 2. The van der Waals surface area contributed by atoms with E-state index in [1.165, 1.54) is 0 Å². The predicted octanol–water partition coefficient (Wildman–Crippen LogP) is 4.76. The van der Waals surface area contributed by atoms with Gasteiger partial charge in [0.1, 0.15) is 0 Å². The van der Waals surface area contributed by atoms with Crippen LogP contribution in [0.1, 0.15) is 28.4 Å². The first-order valence-electron chi connectivity index (χ1n) is 6.30. The largest absolute Gasteiger partial charge is 0.462 e. The lowest BCUT2D eigenvalue weighted by atomic mass is 10.0. The van der Waals surface area contributed by atoms with Crippen molar-refractivity contribution in [3.63, 3.8) is 0 Å². The molecule has 0 radical (unpaired) electrons. The number of hydrogen-bond donors (Lipinski definition) is 0. The summed E-state index contributed by atoms with van der Waals surface area (Å²) in [6, 6.07) is 12.9. The van der Waals surface area contributed by atoms with E-state index in [1.807, 2.05) is 24.3 Å². The third kappa shape index (κ3) is 3.75. The summed E-state index contributed by atoms with van der Waals surface area (Å²) < 4.78 is 4.94. The molecular formula is C16H14Cl2O2. The van der Waals surface area contributed by atoms with Crippen LogP contribution in [0.3, 0.4) is 0 Å². The normalized spacial score (nSPS) is 10.3. The minimum atomic E-state index is -0.298.